The van der Waals surface area contributed by atoms with Crippen molar-refractivity contribution in [3.8, 4) is 5.75 Å². The van der Waals surface area contributed by atoms with Crippen LogP contribution in [0.2, 0.25) is 0 Å². The third-order valence-corrected chi connectivity index (χ3v) is 5.62. The number of hydrogen-bond acceptors (Lipinski definition) is 5. The van der Waals surface area contributed by atoms with Crippen molar-refractivity contribution in [2.75, 3.05) is 40.3 Å². The second-order valence-corrected chi connectivity index (χ2v) is 7.46. The number of aliphatic imine (C=N–C) groups is 1. The molecule has 0 spiro atoms. The first-order chi connectivity index (χ1) is 14.1. The van der Waals surface area contributed by atoms with Crippen LogP contribution in [-0.2, 0) is 6.42 Å². The molecule has 0 radical (unpaired) electrons. The summed E-state index contributed by atoms with van der Waals surface area (Å²) in [6.07, 6.45) is 3.38. The Morgan fingerprint density at radius 2 is 1.90 bits per heavy atom. The predicted molar refractivity (Wildman–Crippen MR) is 131 cm³/mol. The van der Waals surface area contributed by atoms with Gasteiger partial charge in [-0.2, -0.15) is 0 Å². The van der Waals surface area contributed by atoms with Crippen LogP contribution in [0.4, 0.5) is 0 Å². The maximum absolute atomic E-state index is 5.31. The number of halogens is 1. The molecule has 8 heteroatoms. The van der Waals surface area contributed by atoms with Crippen molar-refractivity contribution in [1.82, 2.24) is 20.7 Å². The molecule has 0 aliphatic carbocycles. The number of methoxy groups -OCH3 is 1. The Balaban J connectivity index is 0.00000320. The van der Waals surface area contributed by atoms with E-state index in [0.29, 0.717) is 6.04 Å². The topological polar surface area (TPSA) is 74.9 Å². The first-order valence-electron chi connectivity index (χ1n) is 10.4. The first-order valence-corrected chi connectivity index (χ1v) is 10.4. The molecule has 1 aliphatic heterocycles. The average molecular weight is 527 g/mol. The fraction of sp³-hybridized carbons (Fsp3) is 0.545. The van der Waals surface area contributed by atoms with Crippen LogP contribution in [0, 0.1) is 13.8 Å². The van der Waals surface area contributed by atoms with Crippen LogP contribution in [0.25, 0.3) is 0 Å². The molecule has 3 rings (SSSR count). The molecule has 7 nitrogen and oxygen atoms in total. The molecule has 0 saturated carbocycles. The summed E-state index contributed by atoms with van der Waals surface area (Å²) in [5.41, 5.74) is 3.42. The summed E-state index contributed by atoms with van der Waals surface area (Å²) in [7, 11) is 3.51. The van der Waals surface area contributed by atoms with Gasteiger partial charge >= 0.3 is 0 Å². The van der Waals surface area contributed by atoms with Gasteiger partial charge < -0.3 is 19.9 Å². The zero-order chi connectivity index (χ0) is 20.6. The Morgan fingerprint density at radius 3 is 2.47 bits per heavy atom. The normalized spacial score (nSPS) is 15.5. The number of nitrogens with one attached hydrogen (secondary N) is 2. The van der Waals surface area contributed by atoms with Crippen molar-refractivity contribution in [2.45, 2.75) is 39.2 Å². The van der Waals surface area contributed by atoms with Crippen LogP contribution < -0.4 is 15.4 Å². The summed E-state index contributed by atoms with van der Waals surface area (Å²) in [6, 6.07) is 8.71. The SMILES string of the molecule is CN=C(NCCc1c(C)noc1C)NCC(c1ccc(OC)cc1)N1CCCC1.I. The fourth-order valence-corrected chi connectivity index (χ4v) is 3.92. The third kappa shape index (κ3) is 6.34. The lowest BCUT2D eigenvalue weighted by atomic mass is 10.1. The largest absolute Gasteiger partial charge is 0.497 e. The minimum atomic E-state index is 0. The molecule has 0 bridgehead atoms. The average Bonchev–Trinajstić information content (AvgIpc) is 3.38. The molecule has 1 fully saturated rings. The summed E-state index contributed by atoms with van der Waals surface area (Å²) in [5, 5.41) is 10.9. The van der Waals surface area contributed by atoms with Crippen LogP contribution in [0.5, 0.6) is 5.75 Å². The Morgan fingerprint density at radius 1 is 1.20 bits per heavy atom. The lowest BCUT2D eigenvalue weighted by molar-refractivity contribution is 0.245. The number of guanidine groups is 1. The minimum absolute atomic E-state index is 0. The van der Waals surface area contributed by atoms with Crippen molar-refractivity contribution in [3.63, 3.8) is 0 Å². The molecular formula is C22H34IN5O2. The van der Waals surface area contributed by atoms with Crippen molar-refractivity contribution >= 4 is 29.9 Å². The van der Waals surface area contributed by atoms with Gasteiger partial charge in [0, 0.05) is 25.7 Å². The second-order valence-electron chi connectivity index (χ2n) is 7.46. The maximum Gasteiger partial charge on any atom is 0.191 e. The van der Waals surface area contributed by atoms with E-state index in [2.05, 4.69) is 37.8 Å². The van der Waals surface area contributed by atoms with Crippen molar-refractivity contribution < 1.29 is 9.26 Å². The molecule has 1 atom stereocenters. The van der Waals surface area contributed by atoms with Gasteiger partial charge in [0.15, 0.2) is 5.96 Å². The number of ether oxygens (including phenoxy) is 1. The predicted octanol–water partition coefficient (Wildman–Crippen LogP) is 3.46. The molecule has 166 valence electrons. The van der Waals surface area contributed by atoms with Crippen LogP contribution in [-0.4, -0.2) is 56.4 Å². The number of aromatic nitrogens is 1. The number of aryl methyl sites for hydroxylation is 2. The van der Waals surface area contributed by atoms with Gasteiger partial charge in [0.2, 0.25) is 0 Å². The summed E-state index contributed by atoms with van der Waals surface area (Å²) in [5.74, 6) is 2.59. The minimum Gasteiger partial charge on any atom is -0.497 e. The summed E-state index contributed by atoms with van der Waals surface area (Å²) >= 11 is 0. The van der Waals surface area contributed by atoms with E-state index >= 15 is 0 Å². The van der Waals surface area contributed by atoms with Gasteiger partial charge in [0.25, 0.3) is 0 Å². The number of likely N-dealkylation sites (tertiary alicyclic amines) is 1. The highest BCUT2D eigenvalue weighted by atomic mass is 127. The highest BCUT2D eigenvalue weighted by molar-refractivity contribution is 14.0. The van der Waals surface area contributed by atoms with Gasteiger partial charge in [-0.1, -0.05) is 17.3 Å². The fourth-order valence-electron chi connectivity index (χ4n) is 3.92. The van der Waals surface area contributed by atoms with Gasteiger partial charge in [-0.3, -0.25) is 9.89 Å². The summed E-state index contributed by atoms with van der Waals surface area (Å²) < 4.78 is 10.6. The van der Waals surface area contributed by atoms with Crippen LogP contribution in [0.3, 0.4) is 0 Å². The molecule has 2 heterocycles. The zero-order valence-electron chi connectivity index (χ0n) is 18.4. The van der Waals surface area contributed by atoms with Crippen LogP contribution in [0.15, 0.2) is 33.8 Å². The van der Waals surface area contributed by atoms with E-state index in [1.807, 2.05) is 33.0 Å². The second kappa shape index (κ2) is 12.1. The van der Waals surface area contributed by atoms with E-state index in [1.54, 1.807) is 7.11 Å². The highest BCUT2D eigenvalue weighted by Gasteiger charge is 2.23. The standard InChI is InChI=1S/C22H33N5O2.HI/c1-16-20(17(2)29-26-16)11-12-24-22(23-3)25-15-21(27-13-5-6-14-27)18-7-9-19(28-4)10-8-18;/h7-10,21H,5-6,11-15H2,1-4H3,(H2,23,24,25);1H. The van der Waals surface area contributed by atoms with Gasteiger partial charge in [-0.25, -0.2) is 0 Å². The molecular weight excluding hydrogens is 493 g/mol. The molecule has 1 unspecified atom stereocenters. The third-order valence-electron chi connectivity index (χ3n) is 5.62. The maximum atomic E-state index is 5.31. The van der Waals surface area contributed by atoms with E-state index in [4.69, 9.17) is 9.26 Å². The molecule has 0 amide bonds. The summed E-state index contributed by atoms with van der Waals surface area (Å²) in [4.78, 5) is 6.94. The van der Waals surface area contributed by atoms with Gasteiger partial charge in [-0.05, 0) is 63.9 Å². The molecule has 1 aliphatic rings. The lowest BCUT2D eigenvalue weighted by Gasteiger charge is -2.29. The quantitative estimate of drug-likeness (QED) is 0.311. The molecule has 1 saturated heterocycles. The Bertz CT molecular complexity index is 781. The van der Waals surface area contributed by atoms with Gasteiger partial charge in [0.1, 0.15) is 11.5 Å². The van der Waals surface area contributed by atoms with E-state index in [0.717, 1.165) is 55.8 Å². The Labute approximate surface area is 196 Å². The molecule has 2 N–H and O–H groups in total. The first kappa shape index (κ1) is 24.5. The van der Waals surface area contributed by atoms with Crippen LogP contribution >= 0.6 is 24.0 Å². The number of rotatable bonds is 8. The lowest BCUT2D eigenvalue weighted by Crippen LogP contribution is -2.43. The van der Waals surface area contributed by atoms with Gasteiger partial charge in [0.05, 0.1) is 18.8 Å². The molecule has 30 heavy (non-hydrogen) atoms. The van der Waals surface area contributed by atoms with E-state index < -0.39 is 0 Å². The van der Waals surface area contributed by atoms with Gasteiger partial charge in [-0.15, -0.1) is 24.0 Å². The van der Waals surface area contributed by atoms with E-state index in [-0.39, 0.29) is 24.0 Å². The van der Waals surface area contributed by atoms with E-state index in [9.17, 15) is 0 Å². The van der Waals surface area contributed by atoms with Crippen molar-refractivity contribution in [3.05, 3.63) is 46.8 Å². The number of hydrogen-bond donors (Lipinski definition) is 2. The smallest absolute Gasteiger partial charge is 0.191 e. The van der Waals surface area contributed by atoms with Crippen molar-refractivity contribution in [2.24, 2.45) is 4.99 Å². The zero-order valence-corrected chi connectivity index (χ0v) is 20.7. The molecule has 2 aromatic rings. The number of nitrogens with zero attached hydrogens (tertiary/aromatic N) is 3. The molecule has 1 aromatic heterocycles. The number of benzene rings is 1. The summed E-state index contributed by atoms with van der Waals surface area (Å²) in [6.45, 7) is 7.79. The Hall–Kier alpha value is -1.81. The Kier molecular flexibility index (Phi) is 9.90. The monoisotopic (exact) mass is 527 g/mol. The van der Waals surface area contributed by atoms with Crippen molar-refractivity contribution in [1.29, 1.82) is 0 Å². The van der Waals surface area contributed by atoms with Crippen LogP contribution in [0.1, 0.15) is 41.5 Å². The molecule has 1 aromatic carbocycles. The highest BCUT2D eigenvalue weighted by Crippen LogP contribution is 2.26. The van der Waals surface area contributed by atoms with E-state index in [1.165, 1.54) is 24.0 Å².